The Morgan fingerprint density at radius 3 is 1.73 bits per heavy atom. The maximum Gasteiger partial charge on any atom is 0.416 e. The van der Waals surface area contributed by atoms with E-state index in [1.807, 2.05) is 66.7 Å². The van der Waals surface area contributed by atoms with Gasteiger partial charge in [0.2, 0.25) is 0 Å². The summed E-state index contributed by atoms with van der Waals surface area (Å²) in [5.41, 5.74) is 0.0380. The van der Waals surface area contributed by atoms with E-state index in [1.165, 1.54) is 18.4 Å². The average Bonchev–Trinajstić information content (AvgIpc) is 3.29. The molecule has 0 aliphatic rings. The minimum absolute atomic E-state index is 0. The smallest absolute Gasteiger partial charge is 0.365 e. The van der Waals surface area contributed by atoms with Crippen LogP contribution in [-0.2, 0) is 6.18 Å². The first-order valence-electron chi connectivity index (χ1n) is 8.88. The van der Waals surface area contributed by atoms with Gasteiger partial charge in [0, 0.05) is 0 Å². The van der Waals surface area contributed by atoms with Crippen LogP contribution in [0.3, 0.4) is 0 Å². The summed E-state index contributed by atoms with van der Waals surface area (Å²) < 4.78 is 44.0. The second-order valence-electron chi connectivity index (χ2n) is 6.25. The van der Waals surface area contributed by atoms with Crippen LogP contribution in [0, 0.1) is 6.92 Å². The Hall–Kier alpha value is -2.62. The number of hydrogen-bond acceptors (Lipinski definition) is 2. The highest BCUT2D eigenvalue weighted by atomic mass is 35.5. The Morgan fingerprint density at radius 1 is 0.767 bits per heavy atom. The zero-order valence-corrected chi connectivity index (χ0v) is 17.8. The van der Waals surface area contributed by atoms with Crippen molar-refractivity contribution < 1.29 is 17.7 Å². The average molecular weight is 450 g/mol. The number of nitrogens with zero attached hydrogens (tertiary/aromatic N) is 1. The first kappa shape index (κ1) is 23.7. The molecule has 0 saturated carbocycles. The molecule has 3 aromatic carbocycles. The SMILES string of the molecule is Cc1cc(P(c2ccccc2)c2ccccc2)cc(C(F)(F)F)c1.Cl.c1cnoc1. The molecule has 0 radical (unpaired) electrons. The van der Waals surface area contributed by atoms with Gasteiger partial charge in [-0.25, -0.2) is 0 Å². The zero-order chi connectivity index (χ0) is 20.7. The van der Waals surface area contributed by atoms with Crippen LogP contribution in [0.25, 0.3) is 0 Å². The van der Waals surface area contributed by atoms with Crippen molar-refractivity contribution in [3.05, 3.63) is 109 Å². The van der Waals surface area contributed by atoms with Gasteiger partial charge in [0.05, 0.1) is 11.8 Å². The van der Waals surface area contributed by atoms with Crippen molar-refractivity contribution in [3.8, 4) is 0 Å². The van der Waals surface area contributed by atoms with Crippen LogP contribution in [-0.4, -0.2) is 5.16 Å². The fourth-order valence-corrected chi connectivity index (χ4v) is 5.27. The number of rotatable bonds is 3. The Kier molecular flexibility index (Phi) is 8.64. The summed E-state index contributed by atoms with van der Waals surface area (Å²) in [4.78, 5) is 0. The van der Waals surface area contributed by atoms with Crippen molar-refractivity contribution in [1.82, 2.24) is 5.16 Å². The van der Waals surface area contributed by atoms with Crippen molar-refractivity contribution in [1.29, 1.82) is 0 Å². The molecule has 156 valence electrons. The first-order chi connectivity index (χ1) is 13.9. The predicted molar refractivity (Wildman–Crippen MR) is 119 cm³/mol. The van der Waals surface area contributed by atoms with Gasteiger partial charge in [-0.3, -0.25) is 0 Å². The maximum absolute atomic E-state index is 13.2. The number of hydrogen-bond donors (Lipinski definition) is 0. The molecular formula is C23H20ClF3NOP. The minimum atomic E-state index is -4.34. The second-order valence-corrected chi connectivity index (χ2v) is 8.47. The molecule has 1 aromatic heterocycles. The van der Waals surface area contributed by atoms with Crippen molar-refractivity contribution in [2.45, 2.75) is 13.1 Å². The van der Waals surface area contributed by atoms with E-state index in [1.54, 1.807) is 19.2 Å². The molecule has 4 aromatic rings. The third-order valence-corrected chi connectivity index (χ3v) is 6.43. The lowest BCUT2D eigenvalue weighted by molar-refractivity contribution is -0.137. The molecule has 4 rings (SSSR count). The van der Waals surface area contributed by atoms with E-state index in [0.29, 0.717) is 5.56 Å². The Balaban J connectivity index is 0.000000468. The van der Waals surface area contributed by atoms with Gasteiger partial charge >= 0.3 is 6.18 Å². The van der Waals surface area contributed by atoms with Crippen LogP contribution in [0.15, 0.2) is 102 Å². The molecule has 0 unspecified atom stereocenters. The van der Waals surface area contributed by atoms with E-state index in [4.69, 9.17) is 0 Å². The maximum atomic E-state index is 13.2. The third-order valence-electron chi connectivity index (χ3n) is 4.02. The fourth-order valence-electron chi connectivity index (χ4n) is 2.83. The molecule has 0 bridgehead atoms. The molecule has 7 heteroatoms. The molecule has 30 heavy (non-hydrogen) atoms. The Morgan fingerprint density at radius 2 is 1.33 bits per heavy atom. The van der Waals surface area contributed by atoms with E-state index in [-0.39, 0.29) is 12.4 Å². The summed E-state index contributed by atoms with van der Waals surface area (Å²) in [6.45, 7) is 1.71. The normalized spacial score (nSPS) is 10.7. The number of alkyl halides is 3. The molecule has 0 fully saturated rings. The van der Waals surface area contributed by atoms with Gasteiger partial charge < -0.3 is 4.52 Å². The summed E-state index contributed by atoms with van der Waals surface area (Å²) in [6, 6.07) is 25.5. The molecule has 0 aliphatic heterocycles. The third kappa shape index (κ3) is 6.45. The fraction of sp³-hybridized carbons (Fsp3) is 0.0870. The van der Waals surface area contributed by atoms with Gasteiger partial charge in [-0.2, -0.15) is 13.2 Å². The van der Waals surface area contributed by atoms with E-state index >= 15 is 0 Å². The molecule has 2 nitrogen and oxygen atoms in total. The molecule has 0 atom stereocenters. The van der Waals surface area contributed by atoms with Crippen LogP contribution < -0.4 is 15.9 Å². The highest BCUT2D eigenvalue weighted by Crippen LogP contribution is 2.36. The quantitative estimate of drug-likeness (QED) is 0.366. The van der Waals surface area contributed by atoms with Crippen molar-refractivity contribution in [2.24, 2.45) is 0 Å². The van der Waals surface area contributed by atoms with E-state index in [9.17, 15) is 13.2 Å². The summed E-state index contributed by atoms with van der Waals surface area (Å²) in [5.74, 6) is 0. The van der Waals surface area contributed by atoms with Crippen molar-refractivity contribution in [3.63, 3.8) is 0 Å². The number of halogens is 4. The molecule has 1 heterocycles. The topological polar surface area (TPSA) is 26.0 Å². The molecular weight excluding hydrogens is 430 g/mol. The monoisotopic (exact) mass is 449 g/mol. The van der Waals surface area contributed by atoms with Gasteiger partial charge in [-0.1, -0.05) is 71.9 Å². The Bertz CT molecular complexity index is 953. The van der Waals surface area contributed by atoms with Crippen LogP contribution in [0.4, 0.5) is 13.2 Å². The summed E-state index contributed by atoms with van der Waals surface area (Å²) >= 11 is 0. The molecule has 0 spiro atoms. The van der Waals surface area contributed by atoms with Crippen molar-refractivity contribution >= 4 is 36.2 Å². The second kappa shape index (κ2) is 11.0. The minimum Gasteiger partial charge on any atom is -0.365 e. The number of benzene rings is 3. The number of aromatic nitrogens is 1. The Labute approximate surface area is 180 Å². The van der Waals surface area contributed by atoms with Gasteiger partial charge in [-0.15, -0.1) is 12.4 Å². The van der Waals surface area contributed by atoms with E-state index in [2.05, 4.69) is 9.68 Å². The van der Waals surface area contributed by atoms with E-state index in [0.717, 1.165) is 15.9 Å². The summed E-state index contributed by atoms with van der Waals surface area (Å²) in [7, 11) is -1.03. The lowest BCUT2D eigenvalue weighted by Gasteiger charge is -2.21. The molecule has 0 aliphatic carbocycles. The molecule has 0 N–H and O–H groups in total. The van der Waals surface area contributed by atoms with E-state index < -0.39 is 19.7 Å². The van der Waals surface area contributed by atoms with Crippen LogP contribution in [0.2, 0.25) is 0 Å². The van der Waals surface area contributed by atoms with Gasteiger partial charge in [0.15, 0.2) is 0 Å². The van der Waals surface area contributed by atoms with Gasteiger partial charge in [0.25, 0.3) is 0 Å². The van der Waals surface area contributed by atoms with Crippen LogP contribution >= 0.6 is 20.3 Å². The first-order valence-corrected chi connectivity index (χ1v) is 10.2. The number of aryl methyl sites for hydroxylation is 1. The summed E-state index contributed by atoms with van der Waals surface area (Å²) in [5, 5.41) is 6.14. The lowest BCUT2D eigenvalue weighted by Crippen LogP contribution is -2.22. The predicted octanol–water partition coefficient (Wildman–Crippen LogP) is 5.87. The zero-order valence-electron chi connectivity index (χ0n) is 16.1. The molecule has 0 amide bonds. The highest BCUT2D eigenvalue weighted by Gasteiger charge is 2.32. The van der Waals surface area contributed by atoms with Crippen molar-refractivity contribution in [2.75, 3.05) is 0 Å². The lowest BCUT2D eigenvalue weighted by atomic mass is 10.1. The summed E-state index contributed by atoms with van der Waals surface area (Å²) in [6.07, 6.45) is -1.24. The van der Waals surface area contributed by atoms with Gasteiger partial charge in [-0.05, 0) is 54.5 Å². The van der Waals surface area contributed by atoms with Crippen LogP contribution in [0.1, 0.15) is 11.1 Å². The van der Waals surface area contributed by atoms with Gasteiger partial charge in [0.1, 0.15) is 6.26 Å². The standard InChI is InChI=1S/C20H16F3P.C3H3NO.ClH/c1-15-12-16(20(21,22)23)14-19(13-15)24(17-8-4-2-5-9-17)18-10-6-3-7-11-18;1-2-4-5-3-1;/h2-14H,1H3;1-3H;1H. The van der Waals surface area contributed by atoms with Crippen LogP contribution in [0.5, 0.6) is 0 Å². The largest absolute Gasteiger partial charge is 0.416 e. The molecule has 0 saturated heterocycles. The highest BCUT2D eigenvalue weighted by molar-refractivity contribution is 7.79.